The summed E-state index contributed by atoms with van der Waals surface area (Å²) < 4.78 is 13.0. The first kappa shape index (κ1) is 19.9. The van der Waals surface area contributed by atoms with Crippen molar-refractivity contribution in [2.75, 3.05) is 20.8 Å². The molecule has 1 amide bonds. The van der Waals surface area contributed by atoms with Crippen molar-refractivity contribution in [1.82, 2.24) is 9.27 Å². The predicted molar refractivity (Wildman–Crippen MR) is 112 cm³/mol. The number of nitrogens with zero attached hydrogens (tertiary/aromatic N) is 1. The zero-order chi connectivity index (χ0) is 20.1. The van der Waals surface area contributed by atoms with E-state index in [1.165, 1.54) is 11.5 Å². The van der Waals surface area contributed by atoms with Crippen LogP contribution in [0.2, 0.25) is 0 Å². The largest absolute Gasteiger partial charge is 0.493 e. The fourth-order valence-electron chi connectivity index (χ4n) is 3.14. The fraction of sp³-hybridized carbons (Fsp3) is 0.333. The molecule has 2 aromatic carbocycles. The summed E-state index contributed by atoms with van der Waals surface area (Å²) in [6.45, 7) is 2.39. The monoisotopic (exact) mass is 400 g/mol. The van der Waals surface area contributed by atoms with Crippen molar-refractivity contribution in [3.05, 3.63) is 58.4 Å². The zero-order valence-corrected chi connectivity index (χ0v) is 17.0. The van der Waals surface area contributed by atoms with Gasteiger partial charge in [-0.05, 0) is 42.7 Å². The molecule has 6 nitrogen and oxygen atoms in total. The van der Waals surface area contributed by atoms with E-state index in [1.54, 1.807) is 24.2 Å². The Hall–Kier alpha value is -2.80. The van der Waals surface area contributed by atoms with Crippen molar-refractivity contribution in [3.63, 3.8) is 0 Å². The fourth-order valence-corrected chi connectivity index (χ4v) is 4.29. The van der Waals surface area contributed by atoms with Gasteiger partial charge < -0.3 is 14.8 Å². The highest BCUT2D eigenvalue weighted by atomic mass is 32.1. The Morgan fingerprint density at radius 2 is 1.89 bits per heavy atom. The molecule has 7 heteroatoms. The Labute approximate surface area is 167 Å². The average molecular weight is 401 g/mol. The molecule has 0 unspecified atom stereocenters. The van der Waals surface area contributed by atoms with E-state index in [1.807, 2.05) is 43.3 Å². The summed E-state index contributed by atoms with van der Waals surface area (Å²) in [6.07, 6.45) is 1.21. The summed E-state index contributed by atoms with van der Waals surface area (Å²) in [5.41, 5.74) is 0.924. The lowest BCUT2D eigenvalue weighted by Crippen LogP contribution is -2.36. The van der Waals surface area contributed by atoms with Crippen molar-refractivity contribution in [1.29, 1.82) is 0 Å². The molecule has 1 heterocycles. The first-order valence-electron chi connectivity index (χ1n) is 9.18. The molecule has 0 aliphatic heterocycles. The second-order valence-electron chi connectivity index (χ2n) is 6.37. The number of aromatic nitrogens is 1. The second-order valence-corrected chi connectivity index (χ2v) is 7.39. The van der Waals surface area contributed by atoms with E-state index in [2.05, 4.69) is 5.32 Å². The Bertz CT molecular complexity index is 1020. The van der Waals surface area contributed by atoms with Gasteiger partial charge in [0.1, 0.15) is 6.04 Å². The van der Waals surface area contributed by atoms with Crippen LogP contribution >= 0.6 is 11.5 Å². The summed E-state index contributed by atoms with van der Waals surface area (Å²) in [5, 5.41) is 3.61. The number of rotatable bonds is 8. The molecule has 0 saturated heterocycles. The van der Waals surface area contributed by atoms with E-state index in [0.717, 1.165) is 10.3 Å². The van der Waals surface area contributed by atoms with Crippen molar-refractivity contribution >= 4 is 27.5 Å². The van der Waals surface area contributed by atoms with Crippen LogP contribution in [-0.4, -0.2) is 30.6 Å². The predicted octanol–water partition coefficient (Wildman–Crippen LogP) is 3.39. The number of methoxy groups -OCH3 is 2. The molecule has 0 spiro atoms. The van der Waals surface area contributed by atoms with Gasteiger partial charge in [-0.2, -0.15) is 0 Å². The number of fused-ring (bicyclic) bond motifs is 1. The number of ether oxygens (including phenoxy) is 2. The van der Waals surface area contributed by atoms with Crippen molar-refractivity contribution in [2.45, 2.75) is 25.8 Å². The van der Waals surface area contributed by atoms with Gasteiger partial charge in [0.05, 0.1) is 24.3 Å². The summed E-state index contributed by atoms with van der Waals surface area (Å²) in [4.78, 5) is 25.3. The number of benzene rings is 2. The highest BCUT2D eigenvalue weighted by Gasteiger charge is 2.22. The van der Waals surface area contributed by atoms with Gasteiger partial charge in [0.15, 0.2) is 11.5 Å². The van der Waals surface area contributed by atoms with Crippen LogP contribution in [-0.2, 0) is 11.2 Å². The number of hydrogen-bond acceptors (Lipinski definition) is 5. The number of nitrogens with one attached hydrogen (secondary N) is 1. The molecular weight excluding hydrogens is 376 g/mol. The Balaban J connectivity index is 1.67. The third-order valence-corrected chi connectivity index (χ3v) is 5.82. The minimum Gasteiger partial charge on any atom is -0.493 e. The topological polar surface area (TPSA) is 69.6 Å². The van der Waals surface area contributed by atoms with Gasteiger partial charge in [0.2, 0.25) is 5.91 Å². The molecule has 0 aliphatic carbocycles. The van der Waals surface area contributed by atoms with E-state index in [0.29, 0.717) is 36.3 Å². The SMILES string of the molecule is CC[C@@H](C(=O)NCCc1ccc(OC)c(OC)c1)n1sc2ccccc2c1=O. The minimum absolute atomic E-state index is 0.109. The molecule has 0 saturated carbocycles. The second kappa shape index (κ2) is 8.93. The lowest BCUT2D eigenvalue weighted by atomic mass is 10.1. The van der Waals surface area contributed by atoms with E-state index in [9.17, 15) is 9.59 Å². The Morgan fingerprint density at radius 3 is 2.57 bits per heavy atom. The maximum absolute atomic E-state index is 12.7. The lowest BCUT2D eigenvalue weighted by Gasteiger charge is -2.15. The van der Waals surface area contributed by atoms with Crippen LogP contribution in [0.1, 0.15) is 24.9 Å². The number of amides is 1. The van der Waals surface area contributed by atoms with Gasteiger partial charge >= 0.3 is 0 Å². The van der Waals surface area contributed by atoms with Crippen LogP contribution < -0.4 is 20.3 Å². The molecule has 1 aromatic heterocycles. The highest BCUT2D eigenvalue weighted by Crippen LogP contribution is 2.27. The van der Waals surface area contributed by atoms with Gasteiger partial charge in [0.25, 0.3) is 5.56 Å². The summed E-state index contributed by atoms with van der Waals surface area (Å²) in [7, 11) is 3.19. The molecule has 1 N–H and O–H groups in total. The maximum Gasteiger partial charge on any atom is 0.269 e. The van der Waals surface area contributed by atoms with Crippen LogP contribution in [0, 0.1) is 0 Å². The molecule has 0 aliphatic rings. The first-order valence-corrected chi connectivity index (χ1v) is 9.95. The summed E-state index contributed by atoms with van der Waals surface area (Å²) in [6, 6.07) is 12.6. The van der Waals surface area contributed by atoms with Crippen LogP contribution in [0.5, 0.6) is 11.5 Å². The molecule has 0 bridgehead atoms. The normalized spacial score (nSPS) is 12.0. The van der Waals surface area contributed by atoms with Crippen molar-refractivity contribution in [2.24, 2.45) is 0 Å². The summed E-state index contributed by atoms with van der Waals surface area (Å²) in [5.74, 6) is 1.19. The van der Waals surface area contributed by atoms with E-state index >= 15 is 0 Å². The summed E-state index contributed by atoms with van der Waals surface area (Å²) >= 11 is 1.34. The molecule has 148 valence electrons. The molecule has 3 aromatic rings. The van der Waals surface area contributed by atoms with Gasteiger partial charge in [-0.1, -0.05) is 36.7 Å². The van der Waals surface area contributed by atoms with Crippen LogP contribution in [0.4, 0.5) is 0 Å². The molecule has 0 radical (unpaired) electrons. The molecular formula is C21H24N2O4S. The van der Waals surface area contributed by atoms with E-state index in [4.69, 9.17) is 9.47 Å². The maximum atomic E-state index is 12.7. The van der Waals surface area contributed by atoms with Gasteiger partial charge in [-0.3, -0.25) is 13.5 Å². The minimum atomic E-state index is -0.504. The third-order valence-electron chi connectivity index (χ3n) is 4.65. The zero-order valence-electron chi connectivity index (χ0n) is 16.2. The highest BCUT2D eigenvalue weighted by molar-refractivity contribution is 7.14. The Morgan fingerprint density at radius 1 is 1.14 bits per heavy atom. The first-order chi connectivity index (χ1) is 13.6. The number of carbonyl (C=O) groups is 1. The number of carbonyl (C=O) groups excluding carboxylic acids is 1. The van der Waals surface area contributed by atoms with E-state index in [-0.39, 0.29) is 11.5 Å². The lowest BCUT2D eigenvalue weighted by molar-refractivity contribution is -0.124. The van der Waals surface area contributed by atoms with Crippen LogP contribution in [0.15, 0.2) is 47.3 Å². The molecule has 1 atom stereocenters. The van der Waals surface area contributed by atoms with Gasteiger partial charge in [0, 0.05) is 6.54 Å². The van der Waals surface area contributed by atoms with Crippen molar-refractivity contribution in [3.8, 4) is 11.5 Å². The average Bonchev–Trinajstić information content (AvgIpc) is 3.05. The molecule has 0 fully saturated rings. The van der Waals surface area contributed by atoms with Gasteiger partial charge in [-0.15, -0.1) is 0 Å². The van der Waals surface area contributed by atoms with E-state index < -0.39 is 6.04 Å². The van der Waals surface area contributed by atoms with Crippen LogP contribution in [0.3, 0.4) is 0 Å². The van der Waals surface area contributed by atoms with Gasteiger partial charge in [-0.25, -0.2) is 0 Å². The number of hydrogen-bond donors (Lipinski definition) is 1. The molecule has 3 rings (SSSR count). The standard InChI is InChI=1S/C21H24N2O4S/c1-4-16(23-21(25)15-7-5-6-8-19(15)28-23)20(24)22-12-11-14-9-10-17(26-2)18(13-14)27-3/h5-10,13,16H,4,11-12H2,1-3H3,(H,22,24)/t16-/m0/s1. The van der Waals surface area contributed by atoms with Crippen molar-refractivity contribution < 1.29 is 14.3 Å². The van der Waals surface area contributed by atoms with Crippen LogP contribution in [0.25, 0.3) is 10.1 Å². The third kappa shape index (κ3) is 4.04. The Kier molecular flexibility index (Phi) is 6.36. The smallest absolute Gasteiger partial charge is 0.269 e. The molecule has 28 heavy (non-hydrogen) atoms. The quantitative estimate of drug-likeness (QED) is 0.629.